The molecule has 3 aliphatic rings. The van der Waals surface area contributed by atoms with Gasteiger partial charge in [0.05, 0.1) is 11.0 Å². The van der Waals surface area contributed by atoms with Crippen LogP contribution in [0.25, 0.3) is 27.6 Å². The van der Waals surface area contributed by atoms with Crippen molar-refractivity contribution in [2.75, 3.05) is 4.90 Å². The lowest BCUT2D eigenvalue weighted by Crippen LogP contribution is -2.26. The smallest absolute Gasteiger partial charge is 0.197 e. The molecular formula is C45H25F2NO2S. The third-order valence-electron chi connectivity index (χ3n) is 10.4. The van der Waals surface area contributed by atoms with Crippen molar-refractivity contribution in [1.29, 1.82) is 0 Å². The van der Waals surface area contributed by atoms with Crippen LogP contribution in [0, 0.1) is 11.6 Å². The molecule has 0 radical (unpaired) electrons. The van der Waals surface area contributed by atoms with Crippen LogP contribution in [0.4, 0.5) is 25.8 Å². The second kappa shape index (κ2) is 10.9. The van der Waals surface area contributed by atoms with Crippen LogP contribution in [-0.2, 0) is 5.41 Å². The quantitative estimate of drug-likeness (QED) is 0.137. The number of hydrogen-bond acceptors (Lipinski definition) is 4. The monoisotopic (exact) mass is 681 g/mol. The van der Waals surface area contributed by atoms with E-state index in [-0.39, 0.29) is 16.7 Å². The number of Topliss-reactive ketones (excluding diaryl/α,β-unsaturated/α-hetero) is 2. The van der Waals surface area contributed by atoms with Gasteiger partial charge in [-0.2, -0.15) is 0 Å². The minimum Gasteiger partial charge on any atom is -0.310 e. The van der Waals surface area contributed by atoms with Crippen LogP contribution in [0.3, 0.4) is 0 Å². The number of carbonyl (C=O) groups excluding carboxylic acids is 2. The minimum atomic E-state index is -1.15. The summed E-state index contributed by atoms with van der Waals surface area (Å²) >= 11 is 1.52. The van der Waals surface area contributed by atoms with Gasteiger partial charge in [-0.05, 0) is 99.6 Å². The molecule has 0 aliphatic heterocycles. The molecule has 0 N–H and O–H groups in total. The number of nitrogens with zero attached hydrogens (tertiary/aromatic N) is 1. The van der Waals surface area contributed by atoms with Gasteiger partial charge in [0.1, 0.15) is 0 Å². The van der Waals surface area contributed by atoms with E-state index in [1.54, 1.807) is 6.08 Å². The van der Waals surface area contributed by atoms with E-state index < -0.39 is 28.6 Å². The predicted octanol–water partition coefficient (Wildman–Crippen LogP) is 11.3. The van der Waals surface area contributed by atoms with Crippen LogP contribution in [0.2, 0.25) is 0 Å². The van der Waals surface area contributed by atoms with E-state index in [9.17, 15) is 18.4 Å². The molecule has 10 rings (SSSR count). The summed E-state index contributed by atoms with van der Waals surface area (Å²) in [5.41, 5.74) is 10.1. The average molecular weight is 682 g/mol. The zero-order valence-electron chi connectivity index (χ0n) is 26.9. The Kier molecular flexibility index (Phi) is 6.33. The number of hydrogen-bond donors (Lipinski definition) is 0. The fraction of sp³-hybridized carbons (Fsp3) is 0.0222. The maximum Gasteiger partial charge on any atom is 0.197 e. The molecule has 0 unspecified atom stereocenters. The highest BCUT2D eigenvalue weighted by Crippen LogP contribution is 2.65. The summed E-state index contributed by atoms with van der Waals surface area (Å²) in [4.78, 5) is 30.8. The highest BCUT2D eigenvalue weighted by molar-refractivity contribution is 7.16. The Balaban J connectivity index is 1.21. The van der Waals surface area contributed by atoms with Crippen LogP contribution in [0.15, 0.2) is 151 Å². The number of rotatable bonds is 4. The van der Waals surface area contributed by atoms with Crippen molar-refractivity contribution in [1.82, 2.24) is 0 Å². The number of para-hydroxylation sites is 2. The van der Waals surface area contributed by atoms with Crippen molar-refractivity contribution in [2.24, 2.45) is 0 Å². The van der Waals surface area contributed by atoms with Gasteiger partial charge in [0.15, 0.2) is 23.2 Å². The third kappa shape index (κ3) is 4.08. The Morgan fingerprint density at radius 2 is 1.02 bits per heavy atom. The van der Waals surface area contributed by atoms with Gasteiger partial charge >= 0.3 is 0 Å². The second-order valence-electron chi connectivity index (χ2n) is 13.0. The standard InChI is InChI=1S/C45H25F2NO2S/c46-40-24-33-34(25-41(40)47)43(50)35(42(33)49)22-29-23-39-44(51-29)32-20-19-28(48(26-11-3-1-4-12-26)27-13-5-2-6-14-27)21-38(32)45(39)36-17-9-7-15-30(36)31-16-8-10-18-37(31)45/h1-25H. The van der Waals surface area contributed by atoms with Crippen molar-refractivity contribution in [2.45, 2.75) is 5.41 Å². The summed E-state index contributed by atoms with van der Waals surface area (Å²) in [6.07, 6.45) is 1.59. The van der Waals surface area contributed by atoms with Crippen LogP contribution < -0.4 is 4.90 Å². The summed E-state index contributed by atoms with van der Waals surface area (Å²) < 4.78 is 28.2. The first-order valence-corrected chi connectivity index (χ1v) is 17.5. The van der Waals surface area contributed by atoms with Crippen LogP contribution in [-0.4, -0.2) is 11.6 Å². The molecule has 0 saturated heterocycles. The van der Waals surface area contributed by atoms with Crippen molar-refractivity contribution in [3.05, 3.63) is 201 Å². The lowest BCUT2D eigenvalue weighted by Gasteiger charge is -2.32. The van der Waals surface area contributed by atoms with Crippen molar-refractivity contribution in [3.8, 4) is 21.6 Å². The Labute approximate surface area is 296 Å². The molecule has 1 aromatic heterocycles. The van der Waals surface area contributed by atoms with E-state index in [1.807, 2.05) is 36.4 Å². The summed E-state index contributed by atoms with van der Waals surface area (Å²) in [6.45, 7) is 0. The average Bonchev–Trinajstić information content (AvgIpc) is 3.85. The Morgan fingerprint density at radius 3 is 1.59 bits per heavy atom. The number of anilines is 3. The first kappa shape index (κ1) is 29.7. The number of thiophene rings is 1. The predicted molar refractivity (Wildman–Crippen MR) is 198 cm³/mol. The maximum atomic E-state index is 14.1. The zero-order chi connectivity index (χ0) is 34.4. The number of fused-ring (bicyclic) bond motifs is 11. The molecule has 1 spiro atoms. The molecule has 0 fully saturated rings. The SMILES string of the molecule is O=C1C(=Cc2cc3c(s2)-c2ccc(N(c4ccccc4)c4ccccc4)cc2C32c3ccccc3-c3ccccc32)C(=O)c2cc(F)c(F)cc21. The summed E-state index contributed by atoms with van der Waals surface area (Å²) in [7, 11) is 0. The largest absolute Gasteiger partial charge is 0.310 e. The van der Waals surface area contributed by atoms with E-state index in [1.165, 1.54) is 11.3 Å². The summed E-state index contributed by atoms with van der Waals surface area (Å²) in [6, 6.07) is 48.1. The fourth-order valence-electron chi connectivity index (χ4n) is 8.29. The summed E-state index contributed by atoms with van der Waals surface area (Å²) in [5, 5.41) is 0. The van der Waals surface area contributed by atoms with Gasteiger partial charge in [-0.3, -0.25) is 9.59 Å². The molecule has 3 aliphatic carbocycles. The van der Waals surface area contributed by atoms with Crippen molar-refractivity contribution in [3.63, 3.8) is 0 Å². The van der Waals surface area contributed by atoms with Crippen LogP contribution in [0.5, 0.6) is 0 Å². The minimum absolute atomic E-state index is 0.0897. The normalized spacial score (nSPS) is 14.3. The number of halogens is 2. The van der Waals surface area contributed by atoms with E-state index in [0.717, 1.165) is 77.9 Å². The van der Waals surface area contributed by atoms with Gasteiger partial charge < -0.3 is 4.90 Å². The lowest BCUT2D eigenvalue weighted by molar-refractivity contribution is 0.0990. The molecule has 242 valence electrons. The summed E-state index contributed by atoms with van der Waals surface area (Å²) in [5.74, 6) is -3.50. The Bertz CT molecular complexity index is 2530. The molecule has 0 bridgehead atoms. The van der Waals surface area contributed by atoms with Gasteiger partial charge in [-0.15, -0.1) is 11.3 Å². The van der Waals surface area contributed by atoms with E-state index in [0.29, 0.717) is 0 Å². The molecule has 51 heavy (non-hydrogen) atoms. The number of benzene rings is 6. The second-order valence-corrected chi connectivity index (χ2v) is 14.1. The maximum absolute atomic E-state index is 14.1. The number of allylic oxidation sites excluding steroid dienone is 1. The fourth-order valence-corrected chi connectivity index (χ4v) is 9.49. The van der Waals surface area contributed by atoms with Crippen LogP contribution >= 0.6 is 11.3 Å². The molecule has 1 heterocycles. The number of carbonyl (C=O) groups is 2. The highest BCUT2D eigenvalue weighted by Gasteiger charge is 2.53. The number of ketones is 2. The molecular weight excluding hydrogens is 657 g/mol. The molecule has 0 saturated carbocycles. The topological polar surface area (TPSA) is 37.4 Å². The van der Waals surface area contributed by atoms with E-state index in [2.05, 4.69) is 102 Å². The highest BCUT2D eigenvalue weighted by atomic mass is 32.1. The van der Waals surface area contributed by atoms with Crippen LogP contribution in [0.1, 0.15) is 47.8 Å². The Morgan fingerprint density at radius 1 is 0.490 bits per heavy atom. The van der Waals surface area contributed by atoms with Gasteiger partial charge in [0.2, 0.25) is 0 Å². The van der Waals surface area contributed by atoms with E-state index >= 15 is 0 Å². The lowest BCUT2D eigenvalue weighted by atomic mass is 9.71. The van der Waals surface area contributed by atoms with Crippen molar-refractivity contribution < 1.29 is 18.4 Å². The molecule has 3 nitrogen and oxygen atoms in total. The van der Waals surface area contributed by atoms with Gasteiger partial charge in [0.25, 0.3) is 0 Å². The first-order valence-electron chi connectivity index (χ1n) is 16.6. The van der Waals surface area contributed by atoms with E-state index in [4.69, 9.17) is 0 Å². The molecule has 0 amide bonds. The van der Waals surface area contributed by atoms with Gasteiger partial charge in [-0.1, -0.05) is 91.0 Å². The van der Waals surface area contributed by atoms with Gasteiger partial charge in [0, 0.05) is 37.9 Å². The van der Waals surface area contributed by atoms with Crippen molar-refractivity contribution >= 4 is 46.0 Å². The van der Waals surface area contributed by atoms with Gasteiger partial charge in [-0.25, -0.2) is 8.78 Å². The molecule has 0 atom stereocenters. The zero-order valence-corrected chi connectivity index (χ0v) is 27.7. The molecule has 6 aromatic carbocycles. The first-order chi connectivity index (χ1) is 24.9. The third-order valence-corrected chi connectivity index (χ3v) is 11.5. The molecule has 6 heteroatoms. The molecule has 7 aromatic rings. The Hall–Kier alpha value is -6.24.